The Hall–Kier alpha value is -3.25. The van der Waals surface area contributed by atoms with Crippen molar-refractivity contribution in [3.05, 3.63) is 47.0 Å². The highest BCUT2D eigenvalue weighted by Crippen LogP contribution is 2.54. The summed E-state index contributed by atoms with van der Waals surface area (Å²) in [5, 5.41) is 3.43. The van der Waals surface area contributed by atoms with E-state index < -0.39 is 51.5 Å². The van der Waals surface area contributed by atoms with Crippen LogP contribution in [0.1, 0.15) is 56.9 Å². The molecule has 13 heteroatoms. The molecular weight excluding hydrogens is 536 g/mol. The molecule has 2 aliphatic heterocycles. The molecule has 1 aliphatic carbocycles. The maximum absolute atomic E-state index is 14.1. The van der Waals surface area contributed by atoms with Crippen molar-refractivity contribution in [3.8, 4) is 0 Å². The molecule has 4 rings (SSSR count). The number of benzene rings is 1. The van der Waals surface area contributed by atoms with Crippen LogP contribution in [-0.4, -0.2) is 55.3 Å². The Bertz CT molecular complexity index is 1310. The van der Waals surface area contributed by atoms with Gasteiger partial charge >= 0.3 is 16.6 Å². The van der Waals surface area contributed by atoms with E-state index in [-0.39, 0.29) is 31.7 Å². The van der Waals surface area contributed by atoms with Gasteiger partial charge in [0.05, 0.1) is 5.54 Å². The van der Waals surface area contributed by atoms with Crippen LogP contribution in [0.4, 0.5) is 4.79 Å². The number of allylic oxidation sites excluding steroid dienone is 1. The first kappa shape index (κ1) is 27.8. The van der Waals surface area contributed by atoms with Gasteiger partial charge < -0.3 is 20.7 Å². The van der Waals surface area contributed by atoms with E-state index in [1.165, 1.54) is 0 Å². The molecule has 1 saturated heterocycles. The number of hydrogen-bond donors (Lipinski definition) is 2. The van der Waals surface area contributed by atoms with E-state index in [1.54, 1.807) is 18.2 Å². The lowest BCUT2D eigenvalue weighted by atomic mass is 9.91. The number of primary amides is 1. The van der Waals surface area contributed by atoms with Crippen molar-refractivity contribution in [2.24, 2.45) is 16.0 Å². The quantitative estimate of drug-likeness (QED) is 0.420. The van der Waals surface area contributed by atoms with E-state index in [0.29, 0.717) is 17.9 Å². The molecule has 0 radical (unpaired) electrons. The average Bonchev–Trinajstić information content (AvgIpc) is 3.35. The van der Waals surface area contributed by atoms with Crippen molar-refractivity contribution in [2.75, 3.05) is 6.54 Å². The summed E-state index contributed by atoms with van der Waals surface area (Å²) in [5.41, 5.74) is 2.78. The van der Waals surface area contributed by atoms with Crippen molar-refractivity contribution >= 4 is 45.9 Å². The number of carbonyl (C=O) groups is 4. The van der Waals surface area contributed by atoms with Crippen LogP contribution in [-0.2, 0) is 35.2 Å². The summed E-state index contributed by atoms with van der Waals surface area (Å²) in [4.78, 5) is 53.6. The van der Waals surface area contributed by atoms with Crippen LogP contribution >= 0.6 is 11.6 Å². The number of nitrogens with zero attached hydrogens (tertiary/aromatic N) is 2. The fourth-order valence-corrected chi connectivity index (χ4v) is 6.01. The lowest BCUT2D eigenvalue weighted by molar-refractivity contribution is -0.157. The van der Waals surface area contributed by atoms with Gasteiger partial charge in [0.1, 0.15) is 0 Å². The van der Waals surface area contributed by atoms with Crippen molar-refractivity contribution in [1.29, 1.82) is 0 Å². The highest BCUT2D eigenvalue weighted by Gasteiger charge is 2.62. The van der Waals surface area contributed by atoms with Crippen molar-refractivity contribution in [1.82, 2.24) is 10.2 Å². The Labute approximate surface area is 226 Å². The molecule has 1 aromatic carbocycles. The van der Waals surface area contributed by atoms with Crippen LogP contribution in [0.25, 0.3) is 0 Å². The van der Waals surface area contributed by atoms with Crippen LogP contribution in [0.15, 0.2) is 40.8 Å². The van der Waals surface area contributed by atoms with Gasteiger partial charge in [-0.3, -0.25) is 14.4 Å². The van der Waals surface area contributed by atoms with E-state index >= 15 is 0 Å². The van der Waals surface area contributed by atoms with Crippen molar-refractivity contribution in [2.45, 2.75) is 68.5 Å². The Balaban J connectivity index is 1.82. The summed E-state index contributed by atoms with van der Waals surface area (Å²) in [5.74, 6) is -3.05. The number of ether oxygens (including phenoxy) is 1. The molecular formula is C25H29ClN4O7S. The zero-order valence-electron chi connectivity index (χ0n) is 20.6. The van der Waals surface area contributed by atoms with E-state index in [1.807, 2.05) is 18.2 Å². The summed E-state index contributed by atoms with van der Waals surface area (Å²) in [6.45, 7) is -0.0366. The van der Waals surface area contributed by atoms with Crippen LogP contribution in [0.3, 0.4) is 0 Å². The number of nitrogens with two attached hydrogens (primary N) is 1. The maximum Gasteiger partial charge on any atom is 0.405 e. The van der Waals surface area contributed by atoms with E-state index in [9.17, 15) is 27.6 Å². The highest BCUT2D eigenvalue weighted by atomic mass is 35.5. The topological polar surface area (TPSA) is 165 Å². The SMILES string of the molecule is NC(=O)OC1CCCCCC=CC2CC2(c2cccc(Cl)c2)NC(=O)C2(C(=O)N=S(=O)=O)CCCN2C1=O. The smallest absolute Gasteiger partial charge is 0.405 e. The van der Waals surface area contributed by atoms with Crippen LogP contribution < -0.4 is 11.1 Å². The van der Waals surface area contributed by atoms with Gasteiger partial charge in [0.25, 0.3) is 17.7 Å². The van der Waals surface area contributed by atoms with Gasteiger partial charge in [-0.2, -0.15) is 8.42 Å². The van der Waals surface area contributed by atoms with E-state index in [2.05, 4.69) is 9.68 Å². The number of halogens is 1. The molecule has 204 valence electrons. The minimum Gasteiger partial charge on any atom is -0.436 e. The van der Waals surface area contributed by atoms with E-state index in [0.717, 1.165) is 29.7 Å². The number of fused-ring (bicyclic) bond motifs is 2. The molecule has 3 aliphatic rings. The number of amides is 4. The highest BCUT2D eigenvalue weighted by molar-refractivity contribution is 7.62. The van der Waals surface area contributed by atoms with Crippen LogP contribution in [0.5, 0.6) is 0 Å². The molecule has 4 atom stereocenters. The minimum absolute atomic E-state index is 0.0366. The zero-order valence-corrected chi connectivity index (χ0v) is 22.2. The molecule has 1 aromatic rings. The Morgan fingerprint density at radius 2 is 1.97 bits per heavy atom. The van der Waals surface area contributed by atoms with Crippen molar-refractivity contribution in [3.63, 3.8) is 0 Å². The molecule has 3 N–H and O–H groups in total. The minimum atomic E-state index is -3.16. The molecule has 2 heterocycles. The number of nitrogens with one attached hydrogen (secondary N) is 1. The molecule has 0 bridgehead atoms. The van der Waals surface area contributed by atoms with Gasteiger partial charge in [-0.25, -0.2) is 4.79 Å². The largest absolute Gasteiger partial charge is 0.436 e. The number of carbonyl (C=O) groups excluding carboxylic acids is 4. The zero-order chi connectivity index (χ0) is 27.5. The predicted octanol–water partition coefficient (Wildman–Crippen LogP) is 2.61. The molecule has 0 spiro atoms. The predicted molar refractivity (Wildman–Crippen MR) is 136 cm³/mol. The third kappa shape index (κ3) is 5.46. The normalized spacial score (nSPS) is 29.7. The molecule has 4 amide bonds. The maximum atomic E-state index is 14.1. The molecule has 38 heavy (non-hydrogen) atoms. The molecule has 1 saturated carbocycles. The van der Waals surface area contributed by atoms with Gasteiger partial charge in [0.2, 0.25) is 5.54 Å². The molecule has 2 fully saturated rings. The first-order chi connectivity index (χ1) is 18.1. The lowest BCUT2D eigenvalue weighted by Crippen LogP contribution is -2.64. The summed E-state index contributed by atoms with van der Waals surface area (Å²) < 4.78 is 31.0. The second kappa shape index (κ2) is 11.2. The van der Waals surface area contributed by atoms with Crippen LogP contribution in [0, 0.1) is 5.92 Å². The first-order valence-electron chi connectivity index (χ1n) is 12.5. The van der Waals surface area contributed by atoms with Gasteiger partial charge in [0.15, 0.2) is 6.10 Å². The van der Waals surface area contributed by atoms with Crippen molar-refractivity contribution < 1.29 is 32.3 Å². The summed E-state index contributed by atoms with van der Waals surface area (Å²) in [7, 11) is -3.16. The van der Waals surface area contributed by atoms with E-state index in [4.69, 9.17) is 22.1 Å². The molecule has 4 unspecified atom stereocenters. The fourth-order valence-electron chi connectivity index (χ4n) is 5.53. The molecule has 0 aromatic heterocycles. The molecule has 11 nitrogen and oxygen atoms in total. The summed E-state index contributed by atoms with van der Waals surface area (Å²) in [6.07, 6.45) is 5.14. The number of rotatable bonds is 3. The van der Waals surface area contributed by atoms with Gasteiger partial charge in [-0.1, -0.05) is 46.7 Å². The standard InChI is InChI=1S/C25H29ClN4O7S/c26-18-10-6-9-16(14-18)24-15-17(24)8-4-2-1-3-5-11-19(37-23(27)34)20(31)30-13-7-12-25(30,21(32)28-24)22(33)29-38(35)36/h4,6,8-10,14,17,19H,1-3,5,7,11-13,15H2,(H2,27,34)(H,28,32). The Morgan fingerprint density at radius 3 is 2.68 bits per heavy atom. The van der Waals surface area contributed by atoms with Gasteiger partial charge in [0, 0.05) is 17.5 Å². The summed E-state index contributed by atoms with van der Waals surface area (Å²) >= 11 is 6.25. The fraction of sp³-hybridized carbons (Fsp3) is 0.520. The van der Waals surface area contributed by atoms with Gasteiger partial charge in [-0.15, -0.1) is 0 Å². The Kier molecular flexibility index (Phi) is 8.22. The van der Waals surface area contributed by atoms with Crippen LogP contribution in [0.2, 0.25) is 5.02 Å². The summed E-state index contributed by atoms with van der Waals surface area (Å²) in [6, 6.07) is 6.99. The third-order valence-corrected chi connectivity index (χ3v) is 8.01. The third-order valence-electron chi connectivity index (χ3n) is 7.46. The first-order valence-corrected chi connectivity index (χ1v) is 13.9. The lowest BCUT2D eigenvalue weighted by Gasteiger charge is -2.37. The Morgan fingerprint density at radius 1 is 1.18 bits per heavy atom. The number of hydrogen-bond acceptors (Lipinski definition) is 7. The second-order valence-corrected chi connectivity index (χ2v) is 10.9. The second-order valence-electron chi connectivity index (χ2n) is 9.81. The average molecular weight is 565 g/mol. The monoisotopic (exact) mass is 564 g/mol. The van der Waals surface area contributed by atoms with Gasteiger partial charge in [-0.05, 0) is 62.6 Å².